The predicted molar refractivity (Wildman–Crippen MR) is 100 cm³/mol. The van der Waals surface area contributed by atoms with Crippen molar-refractivity contribution in [3.05, 3.63) is 69.0 Å². The summed E-state index contributed by atoms with van der Waals surface area (Å²) in [5.74, 6) is 0.169. The molecule has 2 aromatic carbocycles. The Hall–Kier alpha value is -2.79. The molecule has 0 fully saturated rings. The second-order valence-electron chi connectivity index (χ2n) is 6.21. The molecule has 1 N–H and O–H groups in total. The molecule has 0 radical (unpaired) electrons. The number of ether oxygens (including phenoxy) is 1. The van der Waals surface area contributed by atoms with E-state index in [1.165, 1.54) is 0 Å². The number of nitrogens with one attached hydrogen (secondary N) is 1. The summed E-state index contributed by atoms with van der Waals surface area (Å²) in [4.78, 5) is 24.1. The molecule has 0 spiro atoms. The fourth-order valence-electron chi connectivity index (χ4n) is 3.27. The second-order valence-corrected chi connectivity index (χ2v) is 6.64. The lowest BCUT2D eigenvalue weighted by Gasteiger charge is -2.09. The molecule has 1 heterocycles. The molecule has 0 bridgehead atoms. The molecular weight excluding hydrogens is 354 g/mol. The normalized spacial score (nSPS) is 12.8. The molecular formula is C20H16ClNO4. The molecule has 0 saturated carbocycles. The molecule has 26 heavy (non-hydrogen) atoms. The van der Waals surface area contributed by atoms with Gasteiger partial charge in [-0.2, -0.15) is 0 Å². The van der Waals surface area contributed by atoms with Crippen LogP contribution in [0.3, 0.4) is 0 Å². The third kappa shape index (κ3) is 3.30. The number of anilines is 1. The summed E-state index contributed by atoms with van der Waals surface area (Å²) in [7, 11) is 0. The maximum Gasteiger partial charge on any atom is 0.339 e. The van der Waals surface area contributed by atoms with E-state index in [9.17, 15) is 9.59 Å². The maximum atomic E-state index is 12.1. The van der Waals surface area contributed by atoms with Gasteiger partial charge in [0.1, 0.15) is 11.3 Å². The smallest absolute Gasteiger partial charge is 0.339 e. The monoisotopic (exact) mass is 369 g/mol. The first-order chi connectivity index (χ1) is 12.6. The minimum atomic E-state index is -0.303. The van der Waals surface area contributed by atoms with Gasteiger partial charge in [0.05, 0.1) is 0 Å². The quantitative estimate of drug-likeness (QED) is 0.707. The van der Waals surface area contributed by atoms with Crippen LogP contribution in [0.5, 0.6) is 5.75 Å². The van der Waals surface area contributed by atoms with Gasteiger partial charge in [0.2, 0.25) is 0 Å². The van der Waals surface area contributed by atoms with Gasteiger partial charge < -0.3 is 14.5 Å². The summed E-state index contributed by atoms with van der Waals surface area (Å²) >= 11 is 5.89. The molecule has 1 aliphatic rings. The number of hydrogen-bond donors (Lipinski definition) is 1. The van der Waals surface area contributed by atoms with Crippen molar-refractivity contribution < 1.29 is 13.9 Å². The first kappa shape index (κ1) is 16.7. The summed E-state index contributed by atoms with van der Waals surface area (Å²) in [6.07, 6.45) is 2.64. The largest absolute Gasteiger partial charge is 0.484 e. The Kier molecular flexibility index (Phi) is 4.39. The molecule has 1 amide bonds. The second kappa shape index (κ2) is 6.84. The lowest BCUT2D eigenvalue weighted by atomic mass is 10.1. The van der Waals surface area contributed by atoms with E-state index in [1.807, 2.05) is 6.07 Å². The molecule has 0 unspecified atom stereocenters. The minimum absolute atomic E-state index is 0.160. The van der Waals surface area contributed by atoms with E-state index in [-0.39, 0.29) is 18.1 Å². The van der Waals surface area contributed by atoms with Gasteiger partial charge in [0, 0.05) is 27.7 Å². The van der Waals surface area contributed by atoms with Crippen molar-refractivity contribution in [1.29, 1.82) is 0 Å². The van der Waals surface area contributed by atoms with E-state index >= 15 is 0 Å². The Balaban J connectivity index is 1.48. The number of rotatable bonds is 4. The zero-order chi connectivity index (χ0) is 18.1. The molecule has 1 aromatic heterocycles. The number of amides is 1. The van der Waals surface area contributed by atoms with E-state index < -0.39 is 0 Å². The standard InChI is InChI=1S/C20H16ClNO4/c21-12-3-1-4-13(9-12)22-19(23)11-25-14-7-8-16-15-5-2-6-17(15)20(24)26-18(16)10-14/h1,3-4,7-10H,2,5-6,11H2,(H,22,23). The third-order valence-corrected chi connectivity index (χ3v) is 4.66. The van der Waals surface area contributed by atoms with Crippen molar-refractivity contribution in [2.24, 2.45) is 0 Å². The number of carbonyl (C=O) groups is 1. The zero-order valence-corrected chi connectivity index (χ0v) is 14.6. The molecule has 132 valence electrons. The lowest BCUT2D eigenvalue weighted by molar-refractivity contribution is -0.118. The van der Waals surface area contributed by atoms with Crippen LogP contribution >= 0.6 is 11.6 Å². The van der Waals surface area contributed by atoms with Crippen molar-refractivity contribution in [1.82, 2.24) is 0 Å². The maximum absolute atomic E-state index is 12.1. The molecule has 3 aromatic rings. The number of carbonyl (C=O) groups excluding carboxylic acids is 1. The molecule has 0 atom stereocenters. The van der Waals surface area contributed by atoms with Crippen LogP contribution in [0.15, 0.2) is 51.7 Å². The predicted octanol–water partition coefficient (Wildman–Crippen LogP) is 3.95. The topological polar surface area (TPSA) is 68.5 Å². The highest BCUT2D eigenvalue weighted by molar-refractivity contribution is 6.30. The Morgan fingerprint density at radius 3 is 2.85 bits per heavy atom. The zero-order valence-electron chi connectivity index (χ0n) is 13.9. The Morgan fingerprint density at radius 2 is 2.00 bits per heavy atom. The fraction of sp³-hybridized carbons (Fsp3) is 0.200. The summed E-state index contributed by atoms with van der Waals surface area (Å²) in [6.45, 7) is -0.160. The van der Waals surface area contributed by atoms with Crippen LogP contribution < -0.4 is 15.7 Å². The van der Waals surface area contributed by atoms with Gasteiger partial charge in [0.15, 0.2) is 6.61 Å². The average molecular weight is 370 g/mol. The van der Waals surface area contributed by atoms with E-state index in [1.54, 1.807) is 36.4 Å². The first-order valence-electron chi connectivity index (χ1n) is 8.37. The van der Waals surface area contributed by atoms with Crippen molar-refractivity contribution in [3.8, 4) is 5.75 Å². The van der Waals surface area contributed by atoms with E-state index in [2.05, 4.69) is 5.32 Å². The van der Waals surface area contributed by atoms with Crippen molar-refractivity contribution in [3.63, 3.8) is 0 Å². The van der Waals surface area contributed by atoms with Crippen LogP contribution in [0.1, 0.15) is 17.5 Å². The summed E-state index contributed by atoms with van der Waals surface area (Å²) in [5.41, 5.74) is 2.67. The number of aryl methyl sites for hydroxylation is 1. The highest BCUT2D eigenvalue weighted by Crippen LogP contribution is 2.29. The Morgan fingerprint density at radius 1 is 1.15 bits per heavy atom. The van der Waals surface area contributed by atoms with E-state index in [0.717, 1.165) is 35.8 Å². The molecule has 4 rings (SSSR count). The van der Waals surface area contributed by atoms with E-state index in [4.69, 9.17) is 20.8 Å². The van der Waals surface area contributed by atoms with Gasteiger partial charge in [-0.3, -0.25) is 4.79 Å². The first-order valence-corrected chi connectivity index (χ1v) is 8.75. The number of benzene rings is 2. The fourth-order valence-corrected chi connectivity index (χ4v) is 3.46. The number of fused-ring (bicyclic) bond motifs is 3. The van der Waals surface area contributed by atoms with Crippen molar-refractivity contribution >= 4 is 34.2 Å². The van der Waals surface area contributed by atoms with Crippen molar-refractivity contribution in [2.75, 3.05) is 11.9 Å². The van der Waals surface area contributed by atoms with Crippen LogP contribution in [0.4, 0.5) is 5.69 Å². The Labute approximate surface area is 154 Å². The average Bonchev–Trinajstić information content (AvgIpc) is 3.10. The summed E-state index contributed by atoms with van der Waals surface area (Å²) in [6, 6.07) is 12.2. The van der Waals surface area contributed by atoms with Crippen LogP contribution in [0.2, 0.25) is 5.02 Å². The van der Waals surface area contributed by atoms with E-state index in [0.29, 0.717) is 22.0 Å². The summed E-state index contributed by atoms with van der Waals surface area (Å²) < 4.78 is 10.9. The van der Waals surface area contributed by atoms with Gasteiger partial charge in [-0.05, 0) is 55.2 Å². The number of hydrogen-bond acceptors (Lipinski definition) is 4. The summed E-state index contributed by atoms with van der Waals surface area (Å²) in [5, 5.41) is 4.19. The van der Waals surface area contributed by atoms with Crippen LogP contribution in [-0.2, 0) is 17.6 Å². The van der Waals surface area contributed by atoms with Crippen LogP contribution in [-0.4, -0.2) is 12.5 Å². The molecule has 0 saturated heterocycles. The highest BCUT2D eigenvalue weighted by atomic mass is 35.5. The van der Waals surface area contributed by atoms with Crippen LogP contribution in [0, 0.1) is 0 Å². The molecule has 0 aliphatic heterocycles. The number of halogens is 1. The van der Waals surface area contributed by atoms with Gasteiger partial charge in [-0.15, -0.1) is 0 Å². The van der Waals surface area contributed by atoms with Crippen LogP contribution in [0.25, 0.3) is 11.0 Å². The highest BCUT2D eigenvalue weighted by Gasteiger charge is 2.19. The van der Waals surface area contributed by atoms with Gasteiger partial charge >= 0.3 is 5.63 Å². The molecule has 6 heteroatoms. The van der Waals surface area contributed by atoms with Gasteiger partial charge in [-0.25, -0.2) is 4.79 Å². The van der Waals surface area contributed by atoms with Crippen molar-refractivity contribution in [2.45, 2.75) is 19.3 Å². The molecule has 5 nitrogen and oxygen atoms in total. The third-order valence-electron chi connectivity index (χ3n) is 4.42. The lowest BCUT2D eigenvalue weighted by Crippen LogP contribution is -2.20. The minimum Gasteiger partial charge on any atom is -0.484 e. The SMILES string of the molecule is O=C(COc1ccc2c3c(c(=O)oc2c1)CCC3)Nc1cccc(Cl)c1. The van der Waals surface area contributed by atoms with Gasteiger partial charge in [0.25, 0.3) is 5.91 Å². The molecule has 1 aliphatic carbocycles. The van der Waals surface area contributed by atoms with Gasteiger partial charge in [-0.1, -0.05) is 17.7 Å². The Bertz CT molecular complexity index is 1060.